The molecule has 6 heteroatoms. The smallest absolute Gasteiger partial charge is 0.257 e. The van der Waals surface area contributed by atoms with Crippen LogP contribution in [-0.4, -0.2) is 28.2 Å². The Labute approximate surface area is 186 Å². The molecule has 0 unspecified atom stereocenters. The van der Waals surface area contributed by atoms with E-state index in [-0.39, 0.29) is 11.8 Å². The van der Waals surface area contributed by atoms with Crippen LogP contribution in [-0.2, 0) is 24.2 Å². The van der Waals surface area contributed by atoms with Crippen molar-refractivity contribution in [3.63, 3.8) is 0 Å². The SMILES string of the molecule is O=C(Nc1nc(-c2ccc3c(c2)CCCC3)cs1)c1ccc(CN2CCCC2=O)cc1. The van der Waals surface area contributed by atoms with Crippen LogP contribution < -0.4 is 5.32 Å². The van der Waals surface area contributed by atoms with Gasteiger partial charge in [-0.15, -0.1) is 11.3 Å². The molecule has 0 spiro atoms. The first kappa shape index (κ1) is 19.9. The lowest BCUT2D eigenvalue weighted by molar-refractivity contribution is -0.128. The highest BCUT2D eigenvalue weighted by Crippen LogP contribution is 2.29. The molecular weight excluding hydrogens is 406 g/mol. The molecule has 5 rings (SSSR count). The third-order valence-electron chi connectivity index (χ3n) is 6.13. The molecule has 1 N–H and O–H groups in total. The highest BCUT2D eigenvalue weighted by Gasteiger charge is 2.20. The molecule has 2 amide bonds. The maximum absolute atomic E-state index is 12.7. The van der Waals surface area contributed by atoms with Crippen LogP contribution >= 0.6 is 11.3 Å². The molecule has 1 aromatic heterocycles. The zero-order valence-corrected chi connectivity index (χ0v) is 18.2. The summed E-state index contributed by atoms with van der Waals surface area (Å²) in [6.07, 6.45) is 6.40. The summed E-state index contributed by atoms with van der Waals surface area (Å²) < 4.78 is 0. The zero-order chi connectivity index (χ0) is 21.2. The van der Waals surface area contributed by atoms with Gasteiger partial charge < -0.3 is 4.90 Å². The van der Waals surface area contributed by atoms with E-state index >= 15 is 0 Å². The number of carbonyl (C=O) groups is 2. The summed E-state index contributed by atoms with van der Waals surface area (Å²) in [5.41, 5.74) is 6.52. The Morgan fingerprint density at radius 2 is 1.81 bits per heavy atom. The molecular formula is C25H25N3O2S. The van der Waals surface area contributed by atoms with Gasteiger partial charge in [0.05, 0.1) is 5.69 Å². The van der Waals surface area contributed by atoms with E-state index in [1.807, 2.05) is 34.5 Å². The number of aryl methyl sites for hydroxylation is 2. The van der Waals surface area contributed by atoms with Crippen LogP contribution in [0.2, 0.25) is 0 Å². The molecule has 0 radical (unpaired) electrons. The number of nitrogens with zero attached hydrogens (tertiary/aromatic N) is 2. The van der Waals surface area contributed by atoms with Crippen molar-refractivity contribution in [1.82, 2.24) is 9.88 Å². The van der Waals surface area contributed by atoms with E-state index in [0.29, 0.717) is 23.7 Å². The van der Waals surface area contributed by atoms with Gasteiger partial charge in [-0.1, -0.05) is 24.3 Å². The maximum atomic E-state index is 12.7. The molecule has 158 valence electrons. The molecule has 3 aromatic rings. The van der Waals surface area contributed by atoms with Crippen molar-refractivity contribution < 1.29 is 9.59 Å². The minimum Gasteiger partial charge on any atom is -0.338 e. The van der Waals surface area contributed by atoms with Gasteiger partial charge in [0, 0.05) is 36.0 Å². The van der Waals surface area contributed by atoms with Crippen molar-refractivity contribution in [2.45, 2.75) is 45.1 Å². The number of fused-ring (bicyclic) bond motifs is 1. The highest BCUT2D eigenvalue weighted by molar-refractivity contribution is 7.14. The number of rotatable bonds is 5. The van der Waals surface area contributed by atoms with Gasteiger partial charge in [0.25, 0.3) is 5.91 Å². The number of amides is 2. The van der Waals surface area contributed by atoms with Crippen LogP contribution in [0.3, 0.4) is 0 Å². The standard InChI is InChI=1S/C25H25N3O2S/c29-23-6-3-13-28(23)15-17-7-9-19(10-8-17)24(30)27-25-26-22(16-31-25)21-12-11-18-4-1-2-5-20(18)14-21/h7-12,14,16H,1-6,13,15H2,(H,26,27,30). The molecule has 2 heterocycles. The number of hydrogen-bond donors (Lipinski definition) is 1. The molecule has 0 atom stereocenters. The number of carbonyl (C=O) groups excluding carboxylic acids is 2. The van der Waals surface area contributed by atoms with Gasteiger partial charge in [-0.05, 0) is 67.0 Å². The first-order valence-corrected chi connectivity index (χ1v) is 11.8. The fourth-order valence-corrected chi connectivity index (χ4v) is 5.09. The van der Waals surface area contributed by atoms with E-state index < -0.39 is 0 Å². The summed E-state index contributed by atoms with van der Waals surface area (Å²) in [5, 5.41) is 5.51. The average molecular weight is 432 g/mol. The summed E-state index contributed by atoms with van der Waals surface area (Å²) in [7, 11) is 0. The van der Waals surface area contributed by atoms with Crippen molar-refractivity contribution in [3.05, 3.63) is 70.1 Å². The van der Waals surface area contributed by atoms with Crippen LogP contribution in [0.4, 0.5) is 5.13 Å². The first-order valence-electron chi connectivity index (χ1n) is 10.9. The highest BCUT2D eigenvalue weighted by atomic mass is 32.1. The van der Waals surface area contributed by atoms with E-state index in [1.165, 1.54) is 41.7 Å². The van der Waals surface area contributed by atoms with Crippen LogP contribution in [0.1, 0.15) is 52.7 Å². The Morgan fingerprint density at radius 1 is 1.00 bits per heavy atom. The Kier molecular flexibility index (Phi) is 5.55. The number of hydrogen-bond acceptors (Lipinski definition) is 4. The topological polar surface area (TPSA) is 62.3 Å². The molecule has 31 heavy (non-hydrogen) atoms. The first-order chi connectivity index (χ1) is 15.2. The molecule has 0 saturated carbocycles. The fourth-order valence-electron chi connectivity index (χ4n) is 4.38. The maximum Gasteiger partial charge on any atom is 0.257 e. The van der Waals surface area contributed by atoms with Gasteiger partial charge in [0.2, 0.25) is 5.91 Å². The number of likely N-dealkylation sites (tertiary alicyclic amines) is 1. The van der Waals surface area contributed by atoms with E-state index in [0.717, 1.165) is 36.2 Å². The van der Waals surface area contributed by atoms with Gasteiger partial charge in [0.1, 0.15) is 0 Å². The zero-order valence-electron chi connectivity index (χ0n) is 17.4. The van der Waals surface area contributed by atoms with Crippen LogP contribution in [0.15, 0.2) is 47.8 Å². The molecule has 2 aliphatic rings. The van der Waals surface area contributed by atoms with Crippen molar-refractivity contribution >= 4 is 28.3 Å². The minimum absolute atomic E-state index is 0.171. The number of anilines is 1. The molecule has 2 aromatic carbocycles. The molecule has 1 aliphatic heterocycles. The lowest BCUT2D eigenvalue weighted by Crippen LogP contribution is -2.23. The van der Waals surface area contributed by atoms with E-state index in [9.17, 15) is 9.59 Å². The normalized spacial score (nSPS) is 15.7. The third-order valence-corrected chi connectivity index (χ3v) is 6.89. The van der Waals surface area contributed by atoms with Gasteiger partial charge in [-0.2, -0.15) is 0 Å². The molecule has 1 aliphatic carbocycles. The largest absolute Gasteiger partial charge is 0.338 e. The quantitative estimate of drug-likeness (QED) is 0.614. The van der Waals surface area contributed by atoms with E-state index in [4.69, 9.17) is 0 Å². The Morgan fingerprint density at radius 3 is 2.58 bits per heavy atom. The van der Waals surface area contributed by atoms with Gasteiger partial charge in [0.15, 0.2) is 5.13 Å². The lowest BCUT2D eigenvalue weighted by atomic mass is 9.90. The molecule has 5 nitrogen and oxygen atoms in total. The summed E-state index contributed by atoms with van der Waals surface area (Å²) in [5.74, 6) is 0.0375. The summed E-state index contributed by atoms with van der Waals surface area (Å²) in [4.78, 5) is 30.9. The van der Waals surface area contributed by atoms with Crippen molar-refractivity contribution in [2.75, 3.05) is 11.9 Å². The second-order valence-electron chi connectivity index (χ2n) is 8.30. The second kappa shape index (κ2) is 8.63. The summed E-state index contributed by atoms with van der Waals surface area (Å²) >= 11 is 1.44. The van der Waals surface area contributed by atoms with Gasteiger partial charge >= 0.3 is 0 Å². The molecule has 0 bridgehead atoms. The number of thiazole rings is 1. The Bertz CT molecular complexity index is 1120. The second-order valence-corrected chi connectivity index (χ2v) is 9.16. The van der Waals surface area contributed by atoms with E-state index in [2.05, 4.69) is 28.5 Å². The minimum atomic E-state index is -0.171. The average Bonchev–Trinajstić information content (AvgIpc) is 3.43. The van der Waals surface area contributed by atoms with Gasteiger partial charge in [-0.3, -0.25) is 14.9 Å². The Balaban J connectivity index is 1.24. The fraction of sp³-hybridized carbons (Fsp3) is 0.320. The number of benzene rings is 2. The van der Waals surface area contributed by atoms with Crippen molar-refractivity contribution in [3.8, 4) is 11.3 Å². The Hall–Kier alpha value is -2.99. The lowest BCUT2D eigenvalue weighted by Gasteiger charge is -2.16. The van der Waals surface area contributed by atoms with Crippen LogP contribution in [0, 0.1) is 0 Å². The van der Waals surface area contributed by atoms with E-state index in [1.54, 1.807) is 0 Å². The summed E-state index contributed by atoms with van der Waals surface area (Å²) in [6, 6.07) is 14.1. The van der Waals surface area contributed by atoms with Crippen LogP contribution in [0.5, 0.6) is 0 Å². The predicted octanol–water partition coefficient (Wildman–Crippen LogP) is 5.06. The van der Waals surface area contributed by atoms with Crippen LogP contribution in [0.25, 0.3) is 11.3 Å². The molecule has 1 saturated heterocycles. The number of aromatic nitrogens is 1. The monoisotopic (exact) mass is 431 g/mol. The van der Waals surface area contributed by atoms with Gasteiger partial charge in [-0.25, -0.2) is 4.98 Å². The van der Waals surface area contributed by atoms with Crippen molar-refractivity contribution in [2.24, 2.45) is 0 Å². The predicted molar refractivity (Wildman–Crippen MR) is 123 cm³/mol. The molecule has 1 fully saturated rings. The van der Waals surface area contributed by atoms with Crippen molar-refractivity contribution in [1.29, 1.82) is 0 Å². The summed E-state index contributed by atoms with van der Waals surface area (Å²) in [6.45, 7) is 1.43. The third kappa shape index (κ3) is 4.39. The number of nitrogens with one attached hydrogen (secondary N) is 1.